The van der Waals surface area contributed by atoms with Crippen molar-refractivity contribution in [2.24, 2.45) is 0 Å². The van der Waals surface area contributed by atoms with Crippen molar-refractivity contribution in [1.29, 1.82) is 0 Å². The zero-order valence-corrected chi connectivity index (χ0v) is 18.7. The summed E-state index contributed by atoms with van der Waals surface area (Å²) in [4.78, 5) is 10.2. The maximum Gasteiger partial charge on any atom is 0.265 e. The van der Waals surface area contributed by atoms with Crippen molar-refractivity contribution >= 4 is 12.7 Å². The number of aliphatic hydroxyl groups excluding tert-OH is 1. The third-order valence-corrected chi connectivity index (χ3v) is 6.66. The Morgan fingerprint density at radius 3 is 2.31 bits per heavy atom. The average Bonchev–Trinajstić information content (AvgIpc) is 2.79. The Labute approximate surface area is 187 Å². The molecule has 0 saturated carbocycles. The minimum atomic E-state index is -3.58. The molecule has 0 heterocycles. The van der Waals surface area contributed by atoms with Gasteiger partial charge in [-0.2, -0.15) is 0 Å². The lowest BCUT2D eigenvalue weighted by molar-refractivity contribution is 0.170. The molecule has 0 fully saturated rings. The van der Waals surface area contributed by atoms with E-state index < -0.39 is 13.5 Å². The van der Waals surface area contributed by atoms with Gasteiger partial charge in [0.15, 0.2) is 17.8 Å². The van der Waals surface area contributed by atoms with Gasteiger partial charge in [-0.15, -0.1) is 0 Å². The van der Waals surface area contributed by atoms with Gasteiger partial charge in [-0.05, 0) is 60.9 Å². The predicted molar refractivity (Wildman–Crippen MR) is 124 cm³/mol. The van der Waals surface area contributed by atoms with Gasteiger partial charge in [0, 0.05) is 17.9 Å². The van der Waals surface area contributed by atoms with E-state index in [1.165, 1.54) is 12.1 Å². The minimum absolute atomic E-state index is 0.0675. The lowest BCUT2D eigenvalue weighted by atomic mass is 10.1. The first-order valence-electron chi connectivity index (χ1n) is 10.3. The molecule has 0 amide bonds. The van der Waals surface area contributed by atoms with Gasteiger partial charge in [-0.25, -0.2) is 0 Å². The molecule has 3 unspecified atom stereocenters. The standard InChI is InChI=1S/C24H28NO6P/c1-17(25-15-24(28)19-9-12-22(26)23(27)14-19)13-18-7-10-20(11-8-18)31-16-32(29,30)21-5-3-2-4-6-21/h2-12,14,17,24-28H,13,15-16H2,1H3,(H,29,30). The molecule has 0 aromatic heterocycles. The highest BCUT2D eigenvalue weighted by Gasteiger charge is 2.22. The first-order chi connectivity index (χ1) is 15.2. The number of rotatable bonds is 10. The van der Waals surface area contributed by atoms with Crippen molar-refractivity contribution in [3.8, 4) is 17.2 Å². The Balaban J connectivity index is 1.47. The Hall–Kier alpha value is -2.83. The van der Waals surface area contributed by atoms with E-state index in [4.69, 9.17) is 4.74 Å². The fourth-order valence-corrected chi connectivity index (χ4v) is 4.33. The van der Waals surface area contributed by atoms with Crippen LogP contribution in [0.2, 0.25) is 0 Å². The maximum atomic E-state index is 12.4. The molecule has 0 aliphatic rings. The Morgan fingerprint density at radius 2 is 1.66 bits per heavy atom. The first kappa shape index (κ1) is 23.8. The molecule has 3 atom stereocenters. The summed E-state index contributed by atoms with van der Waals surface area (Å²) in [5.74, 6) is 0.0249. The molecule has 7 nitrogen and oxygen atoms in total. The molecule has 0 aliphatic heterocycles. The van der Waals surface area contributed by atoms with Gasteiger partial charge in [0.2, 0.25) is 0 Å². The lowest BCUT2D eigenvalue weighted by Crippen LogP contribution is -2.32. The van der Waals surface area contributed by atoms with Crippen molar-refractivity contribution in [1.82, 2.24) is 5.32 Å². The quantitative estimate of drug-likeness (QED) is 0.234. The summed E-state index contributed by atoms with van der Waals surface area (Å²) in [6, 6.07) is 20.1. The monoisotopic (exact) mass is 457 g/mol. The van der Waals surface area contributed by atoms with Crippen LogP contribution in [0.1, 0.15) is 24.2 Å². The van der Waals surface area contributed by atoms with Gasteiger partial charge in [0.05, 0.1) is 6.10 Å². The van der Waals surface area contributed by atoms with Crippen LogP contribution in [0.5, 0.6) is 17.2 Å². The lowest BCUT2D eigenvalue weighted by Gasteiger charge is -2.18. The van der Waals surface area contributed by atoms with Crippen LogP contribution in [0.4, 0.5) is 0 Å². The molecule has 0 spiro atoms. The fraction of sp³-hybridized carbons (Fsp3) is 0.250. The van der Waals surface area contributed by atoms with Crippen LogP contribution in [0.3, 0.4) is 0 Å². The van der Waals surface area contributed by atoms with E-state index in [1.54, 1.807) is 48.5 Å². The van der Waals surface area contributed by atoms with Gasteiger partial charge in [-0.1, -0.05) is 36.4 Å². The number of benzene rings is 3. The van der Waals surface area contributed by atoms with E-state index in [1.807, 2.05) is 19.1 Å². The number of aliphatic hydroxyl groups is 1. The molecule has 170 valence electrons. The normalized spacial score (nSPS) is 15.0. The van der Waals surface area contributed by atoms with Crippen LogP contribution in [0.25, 0.3) is 0 Å². The molecular weight excluding hydrogens is 429 g/mol. The molecule has 0 radical (unpaired) electrons. The molecule has 3 aromatic carbocycles. The summed E-state index contributed by atoms with van der Waals surface area (Å²) in [6.07, 6.45) is -0.409. The molecule has 3 rings (SSSR count). The number of aromatic hydroxyl groups is 2. The topological polar surface area (TPSA) is 119 Å². The SMILES string of the molecule is CC(Cc1ccc(OCP(=O)(O)c2ccccc2)cc1)NCC(O)c1ccc(O)c(O)c1. The van der Waals surface area contributed by atoms with Crippen molar-refractivity contribution in [2.75, 3.05) is 12.9 Å². The van der Waals surface area contributed by atoms with Gasteiger partial charge in [0.1, 0.15) is 5.75 Å². The third-order valence-electron chi connectivity index (χ3n) is 5.07. The first-order valence-corrected chi connectivity index (χ1v) is 12.1. The predicted octanol–water partition coefficient (Wildman–Crippen LogP) is 3.28. The highest BCUT2D eigenvalue weighted by atomic mass is 31.2. The van der Waals surface area contributed by atoms with Gasteiger partial charge in [0.25, 0.3) is 7.37 Å². The summed E-state index contributed by atoms with van der Waals surface area (Å²) >= 11 is 0. The smallest absolute Gasteiger partial charge is 0.265 e. The number of hydrogen-bond acceptors (Lipinski definition) is 6. The van der Waals surface area contributed by atoms with Crippen molar-refractivity contribution < 1.29 is 29.5 Å². The van der Waals surface area contributed by atoms with E-state index in [2.05, 4.69) is 5.32 Å². The van der Waals surface area contributed by atoms with E-state index in [0.717, 1.165) is 5.56 Å². The summed E-state index contributed by atoms with van der Waals surface area (Å²) in [5.41, 5.74) is 1.56. The molecular formula is C24H28NO6P. The van der Waals surface area contributed by atoms with Crippen molar-refractivity contribution in [2.45, 2.75) is 25.5 Å². The van der Waals surface area contributed by atoms with Crippen LogP contribution in [0, 0.1) is 0 Å². The van der Waals surface area contributed by atoms with Crippen LogP contribution in [-0.2, 0) is 11.0 Å². The molecule has 3 aromatic rings. The Kier molecular flexibility index (Phi) is 7.94. The van der Waals surface area contributed by atoms with E-state index >= 15 is 0 Å². The molecule has 8 heteroatoms. The summed E-state index contributed by atoms with van der Waals surface area (Å²) in [7, 11) is -3.58. The second kappa shape index (κ2) is 10.7. The third kappa shape index (κ3) is 6.58. The molecule has 0 bridgehead atoms. The summed E-state index contributed by atoms with van der Waals surface area (Å²) in [6.45, 7) is 2.28. The second-order valence-electron chi connectivity index (χ2n) is 7.73. The number of phenols is 2. The summed E-state index contributed by atoms with van der Waals surface area (Å²) < 4.78 is 18.0. The average molecular weight is 457 g/mol. The van der Waals surface area contributed by atoms with Crippen LogP contribution in [-0.4, -0.2) is 39.1 Å². The molecule has 32 heavy (non-hydrogen) atoms. The zero-order chi connectivity index (χ0) is 23.1. The largest absolute Gasteiger partial charge is 0.504 e. The van der Waals surface area contributed by atoms with E-state index in [9.17, 15) is 24.8 Å². The Morgan fingerprint density at radius 1 is 0.969 bits per heavy atom. The van der Waals surface area contributed by atoms with Crippen molar-refractivity contribution in [3.63, 3.8) is 0 Å². The minimum Gasteiger partial charge on any atom is -0.504 e. The van der Waals surface area contributed by atoms with Gasteiger partial charge in [-0.3, -0.25) is 4.57 Å². The van der Waals surface area contributed by atoms with Crippen molar-refractivity contribution in [3.05, 3.63) is 83.9 Å². The van der Waals surface area contributed by atoms with Crippen LogP contribution >= 0.6 is 7.37 Å². The maximum absolute atomic E-state index is 12.4. The van der Waals surface area contributed by atoms with Crippen LogP contribution < -0.4 is 15.4 Å². The number of ether oxygens (including phenoxy) is 1. The number of hydrogen-bond donors (Lipinski definition) is 5. The van der Waals surface area contributed by atoms with E-state index in [0.29, 0.717) is 23.0 Å². The summed E-state index contributed by atoms with van der Waals surface area (Å²) in [5, 5.41) is 32.8. The highest BCUT2D eigenvalue weighted by Crippen LogP contribution is 2.39. The fourth-order valence-electron chi connectivity index (χ4n) is 3.22. The molecule has 0 aliphatic carbocycles. The Bertz CT molecular complexity index is 1060. The molecule has 0 saturated heterocycles. The van der Waals surface area contributed by atoms with E-state index in [-0.39, 0.29) is 30.4 Å². The van der Waals surface area contributed by atoms with Gasteiger partial charge >= 0.3 is 0 Å². The van der Waals surface area contributed by atoms with Gasteiger partial charge < -0.3 is 30.3 Å². The molecule has 5 N–H and O–H groups in total. The van der Waals surface area contributed by atoms with Crippen LogP contribution in [0.15, 0.2) is 72.8 Å². The second-order valence-corrected chi connectivity index (χ2v) is 9.91. The highest BCUT2D eigenvalue weighted by molar-refractivity contribution is 7.65. The number of phenolic OH excluding ortho intramolecular Hbond substituents is 2. The number of nitrogens with one attached hydrogen (secondary N) is 1. The zero-order valence-electron chi connectivity index (χ0n) is 17.8.